The number of rotatable bonds is 8. The van der Waals surface area contributed by atoms with Gasteiger partial charge >= 0.3 is 0 Å². The first-order chi connectivity index (χ1) is 12.7. The monoisotopic (exact) mass is 358 g/mol. The molecule has 1 saturated heterocycles. The lowest BCUT2D eigenvalue weighted by atomic mass is 9.94. The highest BCUT2D eigenvalue weighted by Crippen LogP contribution is 2.27. The Morgan fingerprint density at radius 1 is 1.27 bits per heavy atom. The van der Waals surface area contributed by atoms with Crippen LogP contribution in [0.5, 0.6) is 0 Å². The van der Waals surface area contributed by atoms with Crippen LogP contribution < -0.4 is 10.6 Å². The van der Waals surface area contributed by atoms with Gasteiger partial charge in [-0.25, -0.2) is 4.98 Å². The zero-order chi connectivity index (χ0) is 18.4. The topological polar surface area (TPSA) is 76.9 Å². The molecule has 1 saturated carbocycles. The fourth-order valence-electron chi connectivity index (χ4n) is 3.98. The summed E-state index contributed by atoms with van der Waals surface area (Å²) in [5.74, 6) is 1.82. The lowest BCUT2D eigenvalue weighted by Gasteiger charge is -2.25. The molecule has 1 aromatic rings. The van der Waals surface area contributed by atoms with Gasteiger partial charge in [-0.15, -0.1) is 0 Å². The summed E-state index contributed by atoms with van der Waals surface area (Å²) in [5, 5.41) is 15.7. The minimum atomic E-state index is 0.286. The van der Waals surface area contributed by atoms with Crippen molar-refractivity contribution in [1.29, 1.82) is 5.41 Å². The number of likely N-dealkylation sites (tertiary alicyclic amines) is 1. The molecule has 1 aliphatic carbocycles. The molecule has 2 fully saturated rings. The number of hydrogen-bond donors (Lipinski definition) is 3. The minimum Gasteiger partial charge on any atom is -0.367 e. The highest BCUT2D eigenvalue weighted by Gasteiger charge is 2.27. The van der Waals surface area contributed by atoms with Gasteiger partial charge in [-0.3, -0.25) is 0 Å². The predicted molar refractivity (Wildman–Crippen MR) is 108 cm³/mol. The predicted octanol–water partition coefficient (Wildman–Crippen LogP) is 3.75. The van der Waals surface area contributed by atoms with Crippen molar-refractivity contribution in [1.82, 2.24) is 14.9 Å². The fraction of sp³-hybridized carbons (Fsp3) is 0.750. The summed E-state index contributed by atoms with van der Waals surface area (Å²) < 4.78 is 0. The molecule has 0 bridgehead atoms. The van der Waals surface area contributed by atoms with E-state index in [0.29, 0.717) is 17.7 Å². The smallest absolute Gasteiger partial charge is 0.224 e. The normalized spacial score (nSPS) is 21.7. The van der Waals surface area contributed by atoms with Crippen molar-refractivity contribution < 1.29 is 0 Å². The van der Waals surface area contributed by atoms with Crippen LogP contribution in [0.25, 0.3) is 0 Å². The molecular formula is C20H34N6. The maximum absolute atomic E-state index is 8.75. The van der Waals surface area contributed by atoms with Gasteiger partial charge in [-0.2, -0.15) is 4.98 Å². The van der Waals surface area contributed by atoms with Crippen LogP contribution in [0.1, 0.15) is 63.9 Å². The quantitative estimate of drug-likeness (QED) is 0.487. The van der Waals surface area contributed by atoms with Gasteiger partial charge in [-0.1, -0.05) is 32.6 Å². The van der Waals surface area contributed by atoms with Crippen molar-refractivity contribution >= 4 is 17.5 Å². The third kappa shape index (κ3) is 4.93. The van der Waals surface area contributed by atoms with Gasteiger partial charge in [0.05, 0.1) is 5.56 Å². The van der Waals surface area contributed by atoms with Crippen LogP contribution in [0.3, 0.4) is 0 Å². The van der Waals surface area contributed by atoms with E-state index in [0.717, 1.165) is 50.3 Å². The van der Waals surface area contributed by atoms with Crippen molar-refractivity contribution in [2.75, 3.05) is 37.3 Å². The van der Waals surface area contributed by atoms with Crippen molar-refractivity contribution in [3.05, 3.63) is 11.8 Å². The summed E-state index contributed by atoms with van der Waals surface area (Å²) in [4.78, 5) is 11.6. The lowest BCUT2D eigenvalue weighted by Crippen LogP contribution is -2.26. The third-order valence-corrected chi connectivity index (χ3v) is 5.64. The molecule has 2 aliphatic rings. The van der Waals surface area contributed by atoms with Gasteiger partial charge in [0.25, 0.3) is 0 Å². The van der Waals surface area contributed by atoms with Gasteiger partial charge in [0.1, 0.15) is 5.82 Å². The molecule has 0 amide bonds. The van der Waals surface area contributed by atoms with E-state index in [-0.39, 0.29) is 5.92 Å². The Morgan fingerprint density at radius 3 is 2.77 bits per heavy atom. The molecule has 0 aromatic carbocycles. The first kappa shape index (κ1) is 19.1. The molecule has 1 aliphatic heterocycles. The SMILES string of the molecule is CCCCNc1ncc(C(=N)C2CCN(C)C2)c(NC2CCCCC2)n1. The van der Waals surface area contributed by atoms with Gasteiger partial charge in [0.15, 0.2) is 0 Å². The Balaban J connectivity index is 1.77. The summed E-state index contributed by atoms with van der Waals surface area (Å²) in [6.45, 7) is 5.10. The van der Waals surface area contributed by atoms with E-state index in [9.17, 15) is 0 Å². The number of nitrogens with one attached hydrogen (secondary N) is 3. The molecule has 0 radical (unpaired) electrons. The standard InChI is InChI=1S/C20H34N6/c1-3-4-11-22-20-23-13-17(18(21)15-10-12-26(2)14-15)19(25-20)24-16-8-6-5-7-9-16/h13,15-16,21H,3-12,14H2,1-2H3,(H2,22,23,24,25). The molecule has 0 spiro atoms. The Labute approximate surface area is 157 Å². The van der Waals surface area contributed by atoms with E-state index in [2.05, 4.69) is 34.5 Å². The largest absolute Gasteiger partial charge is 0.367 e. The van der Waals surface area contributed by atoms with E-state index in [1.165, 1.54) is 32.1 Å². The molecule has 2 heterocycles. The van der Waals surface area contributed by atoms with E-state index >= 15 is 0 Å². The highest BCUT2D eigenvalue weighted by molar-refractivity contribution is 6.04. The molecule has 6 heteroatoms. The molecule has 3 N–H and O–H groups in total. The van der Waals surface area contributed by atoms with E-state index in [1.54, 1.807) is 0 Å². The Morgan fingerprint density at radius 2 is 2.08 bits per heavy atom. The molecule has 6 nitrogen and oxygen atoms in total. The van der Waals surface area contributed by atoms with E-state index < -0.39 is 0 Å². The zero-order valence-electron chi connectivity index (χ0n) is 16.4. The van der Waals surface area contributed by atoms with Gasteiger partial charge in [0.2, 0.25) is 5.95 Å². The molecule has 1 aromatic heterocycles. The highest BCUT2D eigenvalue weighted by atomic mass is 15.2. The number of nitrogens with zero attached hydrogens (tertiary/aromatic N) is 3. The number of unbranched alkanes of at least 4 members (excludes halogenated alkanes) is 1. The second-order valence-electron chi connectivity index (χ2n) is 7.88. The molecule has 144 valence electrons. The summed E-state index contributed by atoms with van der Waals surface area (Å²) in [6, 6.07) is 0.472. The number of aromatic nitrogens is 2. The maximum Gasteiger partial charge on any atom is 0.224 e. The van der Waals surface area contributed by atoms with E-state index in [1.807, 2.05) is 6.20 Å². The van der Waals surface area contributed by atoms with Crippen LogP contribution >= 0.6 is 0 Å². The lowest BCUT2D eigenvalue weighted by molar-refractivity contribution is 0.411. The molecule has 1 atom stereocenters. The Bertz CT molecular complexity index is 596. The molecular weight excluding hydrogens is 324 g/mol. The van der Waals surface area contributed by atoms with E-state index in [4.69, 9.17) is 10.4 Å². The van der Waals surface area contributed by atoms with Crippen LogP contribution in [0.4, 0.5) is 11.8 Å². The first-order valence-corrected chi connectivity index (χ1v) is 10.3. The molecule has 3 rings (SSSR count). The summed E-state index contributed by atoms with van der Waals surface area (Å²) in [6.07, 6.45) is 11.5. The average molecular weight is 359 g/mol. The first-order valence-electron chi connectivity index (χ1n) is 10.3. The van der Waals surface area contributed by atoms with Crippen molar-refractivity contribution in [2.45, 2.75) is 64.3 Å². The van der Waals surface area contributed by atoms with Crippen molar-refractivity contribution in [3.8, 4) is 0 Å². The molecule has 26 heavy (non-hydrogen) atoms. The number of anilines is 2. The molecule has 1 unspecified atom stereocenters. The summed E-state index contributed by atoms with van der Waals surface area (Å²) in [5.41, 5.74) is 1.57. The van der Waals surface area contributed by atoms with Gasteiger partial charge < -0.3 is 20.9 Å². The van der Waals surface area contributed by atoms with Crippen LogP contribution in [-0.2, 0) is 0 Å². The van der Waals surface area contributed by atoms with Crippen molar-refractivity contribution in [3.63, 3.8) is 0 Å². The minimum absolute atomic E-state index is 0.286. The van der Waals surface area contributed by atoms with Gasteiger partial charge in [-0.05, 0) is 39.3 Å². The fourth-order valence-corrected chi connectivity index (χ4v) is 3.98. The second kappa shape index (κ2) is 9.31. The van der Waals surface area contributed by atoms with Gasteiger partial charge in [0, 0.05) is 37.0 Å². The zero-order valence-corrected chi connectivity index (χ0v) is 16.4. The Hall–Kier alpha value is -1.69. The summed E-state index contributed by atoms with van der Waals surface area (Å²) in [7, 11) is 2.13. The van der Waals surface area contributed by atoms with Crippen LogP contribution in [0.15, 0.2) is 6.20 Å². The van der Waals surface area contributed by atoms with Crippen molar-refractivity contribution in [2.24, 2.45) is 5.92 Å². The van der Waals surface area contributed by atoms with Crippen LogP contribution in [0, 0.1) is 11.3 Å². The second-order valence-corrected chi connectivity index (χ2v) is 7.88. The van der Waals surface area contributed by atoms with Crippen LogP contribution in [-0.4, -0.2) is 53.3 Å². The third-order valence-electron chi connectivity index (χ3n) is 5.64. The summed E-state index contributed by atoms with van der Waals surface area (Å²) >= 11 is 0. The van der Waals surface area contributed by atoms with Crippen LogP contribution in [0.2, 0.25) is 0 Å². The average Bonchev–Trinajstić information content (AvgIpc) is 3.09. The Kier molecular flexibility index (Phi) is 6.83. The number of hydrogen-bond acceptors (Lipinski definition) is 6. The maximum atomic E-state index is 8.75.